The Balaban J connectivity index is 2.03. The zero-order chi connectivity index (χ0) is 16.9. The van der Waals surface area contributed by atoms with Crippen molar-refractivity contribution in [1.82, 2.24) is 5.32 Å². The summed E-state index contributed by atoms with van der Waals surface area (Å²) in [6.07, 6.45) is 0.756. The van der Waals surface area contributed by atoms with E-state index in [1.54, 1.807) is 23.5 Å². The highest BCUT2D eigenvalue weighted by molar-refractivity contribution is 7.15. The van der Waals surface area contributed by atoms with Gasteiger partial charge in [0.05, 0.1) is 10.5 Å². The summed E-state index contributed by atoms with van der Waals surface area (Å²) >= 11 is 1.57. The van der Waals surface area contributed by atoms with E-state index in [9.17, 15) is 10.1 Å². The van der Waals surface area contributed by atoms with Crippen molar-refractivity contribution in [2.45, 2.75) is 26.8 Å². The van der Waals surface area contributed by atoms with Crippen LogP contribution in [0.3, 0.4) is 0 Å². The Labute approximate surface area is 140 Å². The molecule has 1 heterocycles. The zero-order valence-corrected chi connectivity index (χ0v) is 14.2. The van der Waals surface area contributed by atoms with Gasteiger partial charge in [-0.1, -0.05) is 26.0 Å². The van der Waals surface area contributed by atoms with Gasteiger partial charge in [-0.2, -0.15) is 0 Å². The second kappa shape index (κ2) is 7.68. The number of nitrogens with zero attached hydrogens (tertiary/aromatic N) is 1. The smallest absolute Gasteiger partial charge is 0.278 e. The molecule has 0 aliphatic rings. The molecule has 2 aromatic rings. The van der Waals surface area contributed by atoms with Crippen LogP contribution in [0, 0.1) is 15.5 Å². The van der Waals surface area contributed by atoms with Crippen LogP contribution in [-0.4, -0.2) is 23.2 Å². The van der Waals surface area contributed by atoms with Gasteiger partial charge in [-0.25, -0.2) is 0 Å². The summed E-state index contributed by atoms with van der Waals surface area (Å²) in [6.45, 7) is 5.95. The van der Waals surface area contributed by atoms with Crippen LogP contribution in [0.2, 0.25) is 0 Å². The molecule has 6 heteroatoms. The third-order valence-corrected chi connectivity index (χ3v) is 4.84. The highest BCUT2D eigenvalue weighted by Crippen LogP contribution is 2.34. The van der Waals surface area contributed by atoms with Crippen LogP contribution in [0.25, 0.3) is 10.4 Å². The van der Waals surface area contributed by atoms with Crippen molar-refractivity contribution in [2.75, 3.05) is 13.2 Å². The normalized spacial score (nSPS) is 11.6. The first-order chi connectivity index (χ1) is 10.9. The molecule has 0 aliphatic heterocycles. The predicted octanol–water partition coefficient (Wildman–Crippen LogP) is 3.82. The zero-order valence-electron chi connectivity index (χ0n) is 13.4. The summed E-state index contributed by atoms with van der Waals surface area (Å²) in [5, 5.41) is 23.6. The average molecular weight is 334 g/mol. The van der Waals surface area contributed by atoms with E-state index in [-0.39, 0.29) is 22.6 Å². The maximum Gasteiger partial charge on any atom is 0.278 e. The highest BCUT2D eigenvalue weighted by atomic mass is 32.1. The standard InChI is InChI=1S/C17H22N2O3S/c1-17(2,9-10-20)12-18-11-13-7-8-16(23-13)14-5-3-4-6-15(14)19(21)22/h3-8,18,20H,9-12H2,1-2H3. The minimum Gasteiger partial charge on any atom is -0.396 e. The molecule has 0 spiro atoms. The molecule has 1 aromatic carbocycles. The number of aliphatic hydroxyl groups is 1. The van der Waals surface area contributed by atoms with Crippen molar-refractivity contribution in [2.24, 2.45) is 5.41 Å². The van der Waals surface area contributed by atoms with Crippen LogP contribution in [0.5, 0.6) is 0 Å². The van der Waals surface area contributed by atoms with Gasteiger partial charge in [-0.15, -0.1) is 11.3 Å². The Morgan fingerprint density at radius 1 is 1.26 bits per heavy atom. The van der Waals surface area contributed by atoms with Gasteiger partial charge in [0, 0.05) is 35.5 Å². The van der Waals surface area contributed by atoms with Gasteiger partial charge in [0.2, 0.25) is 0 Å². The van der Waals surface area contributed by atoms with Gasteiger partial charge in [0.1, 0.15) is 0 Å². The largest absolute Gasteiger partial charge is 0.396 e. The number of nitrogens with one attached hydrogen (secondary N) is 1. The number of hydrogen-bond acceptors (Lipinski definition) is 5. The molecule has 0 unspecified atom stereocenters. The molecule has 2 N–H and O–H groups in total. The number of nitro benzene ring substituents is 1. The number of hydrogen-bond donors (Lipinski definition) is 2. The quantitative estimate of drug-likeness (QED) is 0.568. The Bertz CT molecular complexity index is 667. The lowest BCUT2D eigenvalue weighted by atomic mass is 9.90. The molecule has 1 aromatic heterocycles. The van der Waals surface area contributed by atoms with Gasteiger partial charge < -0.3 is 10.4 Å². The minimum atomic E-state index is -0.343. The van der Waals surface area contributed by atoms with E-state index < -0.39 is 0 Å². The van der Waals surface area contributed by atoms with E-state index in [0.29, 0.717) is 5.56 Å². The van der Waals surface area contributed by atoms with E-state index in [2.05, 4.69) is 19.2 Å². The lowest BCUT2D eigenvalue weighted by Crippen LogP contribution is -2.29. The van der Waals surface area contributed by atoms with Crippen LogP contribution in [0.1, 0.15) is 25.1 Å². The molecule has 0 radical (unpaired) electrons. The predicted molar refractivity (Wildman–Crippen MR) is 93.6 cm³/mol. The lowest BCUT2D eigenvalue weighted by molar-refractivity contribution is -0.384. The van der Waals surface area contributed by atoms with Gasteiger partial charge in [0.15, 0.2) is 0 Å². The first-order valence-corrected chi connectivity index (χ1v) is 8.39. The third kappa shape index (κ3) is 4.86. The SMILES string of the molecule is CC(C)(CCO)CNCc1ccc(-c2ccccc2[N+](=O)[O-])s1. The third-order valence-electron chi connectivity index (χ3n) is 3.72. The summed E-state index contributed by atoms with van der Waals surface area (Å²) in [4.78, 5) is 12.8. The first kappa shape index (κ1) is 17.6. The number of nitro groups is 1. The second-order valence-corrected chi connectivity index (χ2v) is 7.45. The number of benzene rings is 1. The van der Waals surface area contributed by atoms with E-state index in [4.69, 9.17) is 5.11 Å². The fraction of sp³-hybridized carbons (Fsp3) is 0.412. The molecular weight excluding hydrogens is 312 g/mol. The highest BCUT2D eigenvalue weighted by Gasteiger charge is 2.18. The van der Waals surface area contributed by atoms with Crippen LogP contribution in [0.4, 0.5) is 5.69 Å². The molecule has 0 saturated heterocycles. The van der Waals surface area contributed by atoms with Crippen molar-refractivity contribution in [1.29, 1.82) is 0 Å². The molecule has 23 heavy (non-hydrogen) atoms. The van der Waals surface area contributed by atoms with E-state index in [1.807, 2.05) is 18.2 Å². The first-order valence-electron chi connectivity index (χ1n) is 7.57. The molecule has 5 nitrogen and oxygen atoms in total. The fourth-order valence-corrected chi connectivity index (χ4v) is 3.39. The van der Waals surface area contributed by atoms with Crippen molar-refractivity contribution in [3.8, 4) is 10.4 Å². The van der Waals surface area contributed by atoms with Crippen LogP contribution >= 0.6 is 11.3 Å². The van der Waals surface area contributed by atoms with Crippen LogP contribution in [-0.2, 0) is 6.54 Å². The minimum absolute atomic E-state index is 0.0487. The van der Waals surface area contributed by atoms with Crippen molar-refractivity contribution < 1.29 is 10.0 Å². The Morgan fingerprint density at radius 3 is 2.70 bits per heavy atom. The van der Waals surface area contributed by atoms with E-state index in [1.165, 1.54) is 6.07 Å². The lowest BCUT2D eigenvalue weighted by Gasteiger charge is -2.23. The fourth-order valence-electron chi connectivity index (χ4n) is 2.37. The summed E-state index contributed by atoms with van der Waals surface area (Å²) in [7, 11) is 0. The van der Waals surface area contributed by atoms with Gasteiger partial charge >= 0.3 is 0 Å². The van der Waals surface area contributed by atoms with Gasteiger partial charge in [-0.3, -0.25) is 10.1 Å². The summed E-state index contributed by atoms with van der Waals surface area (Å²) in [5.41, 5.74) is 0.847. The van der Waals surface area contributed by atoms with E-state index >= 15 is 0 Å². The summed E-state index contributed by atoms with van der Waals surface area (Å²) < 4.78 is 0. The average Bonchev–Trinajstić information content (AvgIpc) is 2.95. The maximum absolute atomic E-state index is 11.1. The topological polar surface area (TPSA) is 75.4 Å². The molecule has 0 bridgehead atoms. The summed E-state index contributed by atoms with van der Waals surface area (Å²) in [6, 6.07) is 10.7. The maximum atomic E-state index is 11.1. The van der Waals surface area contributed by atoms with Crippen molar-refractivity contribution in [3.63, 3.8) is 0 Å². The molecule has 0 aliphatic carbocycles. The van der Waals surface area contributed by atoms with Crippen LogP contribution < -0.4 is 5.32 Å². The van der Waals surface area contributed by atoms with Crippen LogP contribution in [0.15, 0.2) is 36.4 Å². The molecule has 0 fully saturated rings. The molecule has 0 saturated carbocycles. The second-order valence-electron chi connectivity index (χ2n) is 6.28. The van der Waals surface area contributed by atoms with Gasteiger partial charge in [-0.05, 0) is 30.0 Å². The van der Waals surface area contributed by atoms with Crippen molar-refractivity contribution in [3.05, 3.63) is 51.4 Å². The number of para-hydroxylation sites is 1. The number of thiophene rings is 1. The molecule has 2 rings (SSSR count). The molecular formula is C17H22N2O3S. The van der Waals surface area contributed by atoms with E-state index in [0.717, 1.165) is 29.3 Å². The Morgan fingerprint density at radius 2 is 2.00 bits per heavy atom. The molecule has 0 atom stereocenters. The number of rotatable bonds is 8. The van der Waals surface area contributed by atoms with Gasteiger partial charge in [0.25, 0.3) is 5.69 Å². The Hall–Kier alpha value is -1.76. The molecule has 124 valence electrons. The van der Waals surface area contributed by atoms with Crippen molar-refractivity contribution >= 4 is 17.0 Å². The molecule has 0 amide bonds. The monoisotopic (exact) mass is 334 g/mol. The summed E-state index contributed by atoms with van der Waals surface area (Å²) in [5.74, 6) is 0. The number of aliphatic hydroxyl groups excluding tert-OH is 1. The Kier molecular flexibility index (Phi) is 5.87.